The molecule has 2 N–H and O–H groups in total. The molecular weight excluding hydrogens is 168 g/mol. The third kappa shape index (κ3) is 1.72. The maximum atomic E-state index is 11.1. The molecule has 0 spiro atoms. The zero-order valence-corrected chi connectivity index (χ0v) is 7.47. The average molecular weight is 178 g/mol. The first-order chi connectivity index (χ1) is 6.06. The van der Waals surface area contributed by atoms with Gasteiger partial charge in [0.25, 0.3) is 0 Å². The summed E-state index contributed by atoms with van der Waals surface area (Å²) in [6.07, 6.45) is 2.83. The minimum absolute atomic E-state index is 0.0333. The van der Waals surface area contributed by atoms with Crippen molar-refractivity contribution in [2.24, 2.45) is 0 Å². The smallest absolute Gasteiger partial charge is 0.338 e. The average Bonchev–Trinajstić information content (AvgIpc) is 2.10. The molecule has 0 atom stereocenters. The van der Waals surface area contributed by atoms with E-state index in [4.69, 9.17) is 10.8 Å². The van der Waals surface area contributed by atoms with E-state index in [0.29, 0.717) is 11.1 Å². The maximum Gasteiger partial charge on any atom is 0.338 e. The van der Waals surface area contributed by atoms with Gasteiger partial charge in [-0.2, -0.15) is 0 Å². The van der Waals surface area contributed by atoms with E-state index in [2.05, 4.69) is 4.74 Å². The summed E-state index contributed by atoms with van der Waals surface area (Å²) < 4.78 is 4.53. The number of carbonyl (C=O) groups excluding carboxylic acids is 1. The van der Waals surface area contributed by atoms with Crippen LogP contribution in [0, 0.1) is 10.8 Å². The summed E-state index contributed by atoms with van der Waals surface area (Å²) in [5.41, 5.74) is 1.16. The van der Waals surface area contributed by atoms with Gasteiger partial charge in [-0.15, -0.1) is 0 Å². The molecule has 1 aliphatic rings. The highest BCUT2D eigenvalue weighted by Gasteiger charge is 2.18. The van der Waals surface area contributed by atoms with Gasteiger partial charge in [-0.05, 0) is 24.6 Å². The Kier molecular flexibility index (Phi) is 2.41. The van der Waals surface area contributed by atoms with Crippen LogP contribution in [0.1, 0.15) is 6.92 Å². The van der Waals surface area contributed by atoms with Gasteiger partial charge in [-0.3, -0.25) is 10.8 Å². The van der Waals surface area contributed by atoms with E-state index in [1.807, 2.05) is 0 Å². The molecule has 4 heteroatoms. The van der Waals surface area contributed by atoms with E-state index in [1.165, 1.54) is 19.3 Å². The summed E-state index contributed by atoms with van der Waals surface area (Å²) in [7, 11) is 1.29. The Labute approximate surface area is 75.9 Å². The van der Waals surface area contributed by atoms with E-state index in [1.54, 1.807) is 6.92 Å². The Morgan fingerprint density at radius 2 is 1.85 bits per heavy atom. The molecular formula is C9H10N2O2. The van der Waals surface area contributed by atoms with Crippen molar-refractivity contribution in [3.05, 3.63) is 23.3 Å². The van der Waals surface area contributed by atoms with Gasteiger partial charge in [-0.1, -0.05) is 0 Å². The highest BCUT2D eigenvalue weighted by atomic mass is 16.5. The number of ether oxygens (including phenoxy) is 1. The first-order valence-electron chi connectivity index (χ1n) is 3.72. The number of hydrogen-bond donors (Lipinski definition) is 2. The molecule has 1 aliphatic carbocycles. The van der Waals surface area contributed by atoms with Crippen molar-refractivity contribution < 1.29 is 9.53 Å². The van der Waals surface area contributed by atoms with Crippen LogP contribution < -0.4 is 0 Å². The molecule has 0 fully saturated rings. The van der Waals surface area contributed by atoms with Crippen LogP contribution in [0.3, 0.4) is 0 Å². The molecule has 0 aromatic carbocycles. The van der Waals surface area contributed by atoms with Crippen LogP contribution in [0.15, 0.2) is 23.3 Å². The zero-order chi connectivity index (χ0) is 10.0. The summed E-state index contributed by atoms with van der Waals surface area (Å²) in [5, 5.41) is 14.6. The molecule has 0 bridgehead atoms. The van der Waals surface area contributed by atoms with Gasteiger partial charge in [0.05, 0.1) is 24.1 Å². The molecule has 0 saturated heterocycles. The molecule has 0 saturated carbocycles. The van der Waals surface area contributed by atoms with Gasteiger partial charge < -0.3 is 4.74 Å². The summed E-state index contributed by atoms with van der Waals surface area (Å²) in [6, 6.07) is 0. The number of methoxy groups -OCH3 is 1. The topological polar surface area (TPSA) is 74.0 Å². The molecule has 0 aromatic rings. The second-order valence-electron chi connectivity index (χ2n) is 2.70. The normalized spacial score (nSPS) is 16.5. The zero-order valence-electron chi connectivity index (χ0n) is 7.47. The van der Waals surface area contributed by atoms with E-state index >= 15 is 0 Å². The molecule has 0 aliphatic heterocycles. The van der Waals surface area contributed by atoms with Crippen molar-refractivity contribution >= 4 is 17.4 Å². The molecule has 13 heavy (non-hydrogen) atoms. The number of nitrogens with one attached hydrogen (secondary N) is 2. The van der Waals surface area contributed by atoms with Crippen LogP contribution in [-0.4, -0.2) is 24.5 Å². The molecule has 0 aromatic heterocycles. The van der Waals surface area contributed by atoms with Crippen LogP contribution in [-0.2, 0) is 9.53 Å². The van der Waals surface area contributed by atoms with Crippen LogP contribution >= 0.6 is 0 Å². The Bertz CT molecular complexity index is 351. The SMILES string of the molecule is COC(=O)C1=CC(=N)C(=N)C=C1C. The number of carbonyl (C=O) groups is 1. The van der Waals surface area contributed by atoms with E-state index in [0.717, 1.165) is 0 Å². The standard InChI is InChI=1S/C9H10N2O2/c1-5-3-7(10)8(11)4-6(5)9(12)13-2/h3-4,10-11H,1-2H3. The third-order valence-corrected chi connectivity index (χ3v) is 1.77. The fourth-order valence-electron chi connectivity index (χ4n) is 1.04. The Morgan fingerprint density at radius 3 is 2.38 bits per heavy atom. The first kappa shape index (κ1) is 9.38. The Morgan fingerprint density at radius 1 is 1.31 bits per heavy atom. The van der Waals surface area contributed by atoms with Crippen LogP contribution in [0.2, 0.25) is 0 Å². The van der Waals surface area contributed by atoms with Gasteiger partial charge in [0.15, 0.2) is 0 Å². The summed E-state index contributed by atoms with van der Waals surface area (Å²) in [5.74, 6) is -0.467. The van der Waals surface area contributed by atoms with Crippen LogP contribution in [0.25, 0.3) is 0 Å². The van der Waals surface area contributed by atoms with Crippen molar-refractivity contribution in [1.82, 2.24) is 0 Å². The molecule has 0 amide bonds. The Balaban J connectivity index is 3.06. The van der Waals surface area contributed by atoms with Crippen molar-refractivity contribution in [3.8, 4) is 0 Å². The van der Waals surface area contributed by atoms with Gasteiger partial charge in [-0.25, -0.2) is 4.79 Å². The molecule has 0 radical (unpaired) electrons. The van der Waals surface area contributed by atoms with Gasteiger partial charge >= 0.3 is 5.97 Å². The quantitative estimate of drug-likeness (QED) is 0.465. The minimum atomic E-state index is -0.467. The lowest BCUT2D eigenvalue weighted by Crippen LogP contribution is -2.17. The molecule has 68 valence electrons. The number of esters is 1. The highest BCUT2D eigenvalue weighted by Crippen LogP contribution is 2.15. The van der Waals surface area contributed by atoms with Crippen molar-refractivity contribution in [2.75, 3.05) is 7.11 Å². The van der Waals surface area contributed by atoms with Crippen molar-refractivity contribution in [3.63, 3.8) is 0 Å². The summed E-state index contributed by atoms with van der Waals surface area (Å²) in [6.45, 7) is 1.71. The molecule has 1 rings (SSSR count). The van der Waals surface area contributed by atoms with Crippen LogP contribution in [0.5, 0.6) is 0 Å². The summed E-state index contributed by atoms with van der Waals surface area (Å²) >= 11 is 0. The lowest BCUT2D eigenvalue weighted by atomic mass is 9.97. The Hall–Kier alpha value is -1.71. The maximum absolute atomic E-state index is 11.1. The van der Waals surface area contributed by atoms with E-state index < -0.39 is 5.97 Å². The largest absolute Gasteiger partial charge is 0.465 e. The van der Waals surface area contributed by atoms with Gasteiger partial charge in [0.2, 0.25) is 0 Å². The van der Waals surface area contributed by atoms with Gasteiger partial charge in [0, 0.05) is 0 Å². The van der Waals surface area contributed by atoms with E-state index in [-0.39, 0.29) is 11.4 Å². The van der Waals surface area contributed by atoms with Crippen molar-refractivity contribution in [2.45, 2.75) is 6.92 Å². The minimum Gasteiger partial charge on any atom is -0.465 e. The fourth-order valence-corrected chi connectivity index (χ4v) is 1.04. The van der Waals surface area contributed by atoms with Crippen molar-refractivity contribution in [1.29, 1.82) is 10.8 Å². The fraction of sp³-hybridized carbons (Fsp3) is 0.222. The number of rotatable bonds is 1. The molecule has 0 unspecified atom stereocenters. The lowest BCUT2D eigenvalue weighted by molar-refractivity contribution is -0.135. The number of allylic oxidation sites excluding steroid dienone is 2. The second-order valence-corrected chi connectivity index (χ2v) is 2.70. The predicted molar refractivity (Wildman–Crippen MR) is 49.3 cm³/mol. The lowest BCUT2D eigenvalue weighted by Gasteiger charge is -2.11. The molecule has 4 nitrogen and oxygen atoms in total. The van der Waals surface area contributed by atoms with Crippen LogP contribution in [0.4, 0.5) is 0 Å². The first-order valence-corrected chi connectivity index (χ1v) is 3.72. The van der Waals surface area contributed by atoms with E-state index in [9.17, 15) is 4.79 Å². The number of hydrogen-bond acceptors (Lipinski definition) is 4. The third-order valence-electron chi connectivity index (χ3n) is 1.77. The predicted octanol–water partition coefficient (Wildman–Crippen LogP) is 1.09. The summed E-state index contributed by atoms with van der Waals surface area (Å²) in [4.78, 5) is 11.1. The molecule has 0 heterocycles. The monoisotopic (exact) mass is 178 g/mol. The highest BCUT2D eigenvalue weighted by molar-refractivity contribution is 6.50. The second kappa shape index (κ2) is 3.35. The van der Waals surface area contributed by atoms with Gasteiger partial charge in [0.1, 0.15) is 0 Å².